The van der Waals surface area contributed by atoms with Gasteiger partial charge in [-0.05, 0) is 6.42 Å². The average molecular weight is 99.9 g/mol. The fourth-order valence-electron chi connectivity index (χ4n) is 0.284. The lowest BCUT2D eigenvalue weighted by molar-refractivity contribution is 0.0924. The number of hydrogen-bond donors (Lipinski definition) is 2. The van der Waals surface area contributed by atoms with Crippen LogP contribution in [0.25, 0.3) is 0 Å². The maximum Gasteiger partial charge on any atom is 0.0764 e. The summed E-state index contributed by atoms with van der Waals surface area (Å²) in [6.07, 6.45) is 0.295. The largest absolute Gasteiger partial charge is 0.394 e. The number of hydrogen-bond acceptors (Lipinski definition) is 2. The minimum Gasteiger partial charge on any atom is -0.394 e. The van der Waals surface area contributed by atoms with Crippen LogP contribution in [-0.2, 0) is 0 Å². The van der Waals surface area contributed by atoms with Gasteiger partial charge in [0.1, 0.15) is 0 Å². The van der Waals surface area contributed by atoms with Crippen LogP contribution in [0.5, 0.6) is 0 Å². The van der Waals surface area contributed by atoms with Crippen LogP contribution in [0.3, 0.4) is 0 Å². The Balaban J connectivity index is 2.83. The fraction of sp³-hybridized carbons (Fsp3) is 1.00. The van der Waals surface area contributed by atoms with Crippen molar-refractivity contribution >= 4 is 7.85 Å². The molecule has 2 nitrogen and oxygen atoms in total. The molecule has 0 bridgehead atoms. The quantitative estimate of drug-likeness (QED) is 0.461. The molecular weight excluding hydrogens is 90.9 g/mol. The number of aliphatic hydroxyl groups excluding tert-OH is 2. The number of aliphatic hydroxyl groups is 2. The lowest BCUT2D eigenvalue weighted by Crippen LogP contribution is -2.10. The van der Waals surface area contributed by atoms with E-state index >= 15 is 0 Å². The minimum atomic E-state index is -0.620. The van der Waals surface area contributed by atoms with Gasteiger partial charge in [0.25, 0.3) is 0 Å². The third-order valence-corrected chi connectivity index (χ3v) is 0.711. The van der Waals surface area contributed by atoms with Crippen molar-refractivity contribution < 1.29 is 10.2 Å². The average Bonchev–Trinajstić information content (AvgIpc) is 1.68. The first-order valence-corrected chi connectivity index (χ1v) is 2.30. The first-order valence-electron chi connectivity index (χ1n) is 2.30. The molecule has 0 rings (SSSR count). The minimum absolute atomic E-state index is 0.183. The molecule has 0 aliphatic carbocycles. The smallest absolute Gasteiger partial charge is 0.0764 e. The van der Waals surface area contributed by atoms with E-state index in [0.717, 1.165) is 0 Å². The second kappa shape index (κ2) is 4.15. The van der Waals surface area contributed by atoms with Crippen molar-refractivity contribution in [2.75, 3.05) is 6.61 Å². The van der Waals surface area contributed by atoms with Crippen molar-refractivity contribution in [1.29, 1.82) is 0 Å². The maximum absolute atomic E-state index is 8.53. The molecule has 0 spiro atoms. The van der Waals surface area contributed by atoms with Crippen LogP contribution in [0, 0.1) is 0 Å². The zero-order valence-electron chi connectivity index (χ0n) is 4.17. The van der Waals surface area contributed by atoms with Gasteiger partial charge in [0.15, 0.2) is 0 Å². The van der Waals surface area contributed by atoms with Crippen LogP contribution in [0.2, 0.25) is 6.32 Å². The maximum atomic E-state index is 8.53. The molecule has 7 heavy (non-hydrogen) atoms. The van der Waals surface area contributed by atoms with Crippen LogP contribution in [0.1, 0.15) is 6.42 Å². The van der Waals surface area contributed by atoms with Gasteiger partial charge in [-0.1, -0.05) is 6.32 Å². The number of rotatable bonds is 3. The lowest BCUT2D eigenvalue weighted by atomic mass is 9.99. The Morgan fingerprint density at radius 2 is 2.14 bits per heavy atom. The van der Waals surface area contributed by atoms with Gasteiger partial charge in [-0.2, -0.15) is 0 Å². The second-order valence-corrected chi connectivity index (χ2v) is 1.41. The van der Waals surface area contributed by atoms with E-state index in [-0.39, 0.29) is 6.61 Å². The van der Waals surface area contributed by atoms with Gasteiger partial charge in [-0.15, -0.1) is 0 Å². The van der Waals surface area contributed by atoms with Crippen LogP contribution in [-0.4, -0.2) is 30.8 Å². The molecule has 1 unspecified atom stereocenters. The Hall–Kier alpha value is -0.0151. The van der Waals surface area contributed by atoms with Gasteiger partial charge in [-0.25, -0.2) is 0 Å². The first-order chi connectivity index (χ1) is 3.31. The van der Waals surface area contributed by atoms with Crippen LogP contribution < -0.4 is 0 Å². The van der Waals surface area contributed by atoms with E-state index in [9.17, 15) is 0 Å². The molecule has 2 radical (unpaired) electrons. The molecule has 0 aliphatic heterocycles. The normalized spacial score (nSPS) is 14.0. The van der Waals surface area contributed by atoms with E-state index in [0.29, 0.717) is 12.7 Å². The van der Waals surface area contributed by atoms with E-state index in [1.807, 2.05) is 0 Å². The molecule has 0 saturated heterocycles. The molecule has 0 amide bonds. The molecule has 0 aliphatic rings. The van der Waals surface area contributed by atoms with Crippen LogP contribution >= 0.6 is 0 Å². The van der Waals surface area contributed by atoms with Crippen molar-refractivity contribution in [3.8, 4) is 0 Å². The zero-order chi connectivity index (χ0) is 5.70. The van der Waals surface area contributed by atoms with Crippen molar-refractivity contribution in [2.24, 2.45) is 0 Å². The predicted octanol–water partition coefficient (Wildman–Crippen LogP) is -0.684. The van der Waals surface area contributed by atoms with Crippen LogP contribution in [0.4, 0.5) is 0 Å². The lowest BCUT2D eigenvalue weighted by Gasteiger charge is -2.01. The van der Waals surface area contributed by atoms with Gasteiger partial charge < -0.3 is 10.2 Å². The topological polar surface area (TPSA) is 40.5 Å². The van der Waals surface area contributed by atoms with E-state index in [2.05, 4.69) is 0 Å². The summed E-state index contributed by atoms with van der Waals surface area (Å²) < 4.78 is 0. The molecule has 1 atom stereocenters. The molecule has 3 heteroatoms. The summed E-state index contributed by atoms with van der Waals surface area (Å²) in [6.45, 7) is -0.183. The molecule has 0 aromatic carbocycles. The predicted molar refractivity (Wildman–Crippen MR) is 28.3 cm³/mol. The van der Waals surface area contributed by atoms with Gasteiger partial charge in [0.05, 0.1) is 20.6 Å². The third kappa shape index (κ3) is 3.82. The summed E-state index contributed by atoms with van der Waals surface area (Å²) in [5.74, 6) is 0. The van der Waals surface area contributed by atoms with Crippen molar-refractivity contribution in [3.05, 3.63) is 0 Å². The Kier molecular flexibility index (Phi) is 4.14. The van der Waals surface area contributed by atoms with Crippen molar-refractivity contribution in [2.45, 2.75) is 18.8 Å². The third-order valence-electron chi connectivity index (χ3n) is 0.711. The molecule has 2 N–H and O–H groups in total. The zero-order valence-corrected chi connectivity index (χ0v) is 4.17. The summed E-state index contributed by atoms with van der Waals surface area (Å²) in [6, 6.07) is 0. The molecule has 0 fully saturated rings. The second-order valence-electron chi connectivity index (χ2n) is 1.41. The summed E-state index contributed by atoms with van der Waals surface area (Å²) in [5, 5.41) is 16.7. The van der Waals surface area contributed by atoms with E-state index in [1.54, 1.807) is 0 Å². The SMILES string of the molecule is [B]CCC(O)CO. The summed E-state index contributed by atoms with van der Waals surface area (Å²) in [7, 11) is 5.03. The highest BCUT2D eigenvalue weighted by Crippen LogP contribution is 1.91. The molecule has 40 valence electrons. The van der Waals surface area contributed by atoms with Gasteiger partial charge in [0, 0.05) is 0 Å². The standard InChI is InChI=1S/C4H9BO2/c5-2-1-4(7)3-6/h4,6-7H,1-3H2. The Morgan fingerprint density at radius 1 is 1.57 bits per heavy atom. The Labute approximate surface area is 44.6 Å². The molecule has 0 heterocycles. The van der Waals surface area contributed by atoms with E-state index in [4.69, 9.17) is 18.1 Å². The fourth-order valence-corrected chi connectivity index (χ4v) is 0.284. The monoisotopic (exact) mass is 100 g/mol. The summed E-state index contributed by atoms with van der Waals surface area (Å²) in [5.41, 5.74) is 0. The summed E-state index contributed by atoms with van der Waals surface area (Å²) >= 11 is 0. The first kappa shape index (κ1) is 6.98. The van der Waals surface area contributed by atoms with E-state index < -0.39 is 6.10 Å². The Bertz CT molecular complexity index is 40.7. The highest BCUT2D eigenvalue weighted by molar-refractivity contribution is 6.08. The van der Waals surface area contributed by atoms with Crippen molar-refractivity contribution in [1.82, 2.24) is 0 Å². The molecule has 0 aromatic rings. The summed E-state index contributed by atoms with van der Waals surface area (Å²) in [4.78, 5) is 0. The molecular formula is C4H9BO2. The molecule has 0 saturated carbocycles. The Morgan fingerprint density at radius 3 is 2.29 bits per heavy atom. The molecule has 0 aromatic heterocycles. The van der Waals surface area contributed by atoms with Gasteiger partial charge >= 0.3 is 0 Å². The van der Waals surface area contributed by atoms with Gasteiger partial charge in [-0.3, -0.25) is 0 Å². The van der Waals surface area contributed by atoms with Crippen LogP contribution in [0.15, 0.2) is 0 Å². The van der Waals surface area contributed by atoms with Crippen molar-refractivity contribution in [3.63, 3.8) is 0 Å². The highest BCUT2D eigenvalue weighted by atomic mass is 16.3. The van der Waals surface area contributed by atoms with E-state index in [1.165, 1.54) is 0 Å². The van der Waals surface area contributed by atoms with Gasteiger partial charge in [0.2, 0.25) is 0 Å². The highest BCUT2D eigenvalue weighted by Gasteiger charge is 1.95.